The van der Waals surface area contributed by atoms with Crippen LogP contribution in [0.4, 0.5) is 5.69 Å². The number of imidazole rings is 1. The summed E-state index contributed by atoms with van der Waals surface area (Å²) in [6, 6.07) is 16.0. The molecule has 1 aliphatic heterocycles. The molecule has 6 nitrogen and oxygen atoms in total. The van der Waals surface area contributed by atoms with Gasteiger partial charge in [0.1, 0.15) is 5.82 Å². The summed E-state index contributed by atoms with van der Waals surface area (Å²) in [5.41, 5.74) is 4.12. The Balaban J connectivity index is 1.35. The summed E-state index contributed by atoms with van der Waals surface area (Å²) in [5, 5.41) is 3.00. The lowest BCUT2D eigenvalue weighted by Gasteiger charge is -2.17. The molecule has 2 aromatic carbocycles. The second kappa shape index (κ2) is 8.07. The van der Waals surface area contributed by atoms with Crippen LogP contribution >= 0.6 is 0 Å². The minimum Gasteiger partial charge on any atom is -0.354 e. The lowest BCUT2D eigenvalue weighted by molar-refractivity contribution is -0.126. The highest BCUT2D eigenvalue weighted by atomic mass is 16.2. The number of hydrogen-bond donors (Lipinski definition) is 1. The molecule has 0 aliphatic carbocycles. The van der Waals surface area contributed by atoms with Gasteiger partial charge in [-0.15, -0.1) is 0 Å². The van der Waals surface area contributed by atoms with E-state index < -0.39 is 0 Å². The zero-order valence-corrected chi connectivity index (χ0v) is 16.9. The van der Waals surface area contributed by atoms with Crippen LogP contribution in [0.15, 0.2) is 48.5 Å². The smallest absolute Gasteiger partial charge is 0.227 e. The number of hydrogen-bond acceptors (Lipinski definition) is 3. The number of nitrogens with zero attached hydrogens (tertiary/aromatic N) is 3. The molecule has 1 aromatic heterocycles. The zero-order valence-electron chi connectivity index (χ0n) is 16.9. The SMILES string of the molecule is CCc1ccc(N2C[C@@H](C(=O)NCCn3c(C)nc4ccccc43)CC2=O)cc1. The van der Waals surface area contributed by atoms with Crippen LogP contribution in [0.25, 0.3) is 11.0 Å². The third kappa shape index (κ3) is 3.88. The first-order chi connectivity index (χ1) is 14.1. The van der Waals surface area contributed by atoms with Gasteiger partial charge < -0.3 is 14.8 Å². The van der Waals surface area contributed by atoms with Crippen LogP contribution in [0.3, 0.4) is 0 Å². The molecule has 0 radical (unpaired) electrons. The van der Waals surface area contributed by atoms with E-state index in [-0.39, 0.29) is 24.2 Å². The fraction of sp³-hybridized carbons (Fsp3) is 0.348. The molecule has 150 valence electrons. The normalized spacial score (nSPS) is 16.6. The summed E-state index contributed by atoms with van der Waals surface area (Å²) in [7, 11) is 0. The van der Waals surface area contributed by atoms with Crippen LogP contribution in [-0.4, -0.2) is 34.5 Å². The molecule has 0 bridgehead atoms. The van der Waals surface area contributed by atoms with Gasteiger partial charge in [-0.2, -0.15) is 0 Å². The van der Waals surface area contributed by atoms with Crippen LogP contribution < -0.4 is 10.2 Å². The molecule has 0 unspecified atom stereocenters. The number of para-hydroxylation sites is 2. The Bertz CT molecular complexity index is 1040. The summed E-state index contributed by atoms with van der Waals surface area (Å²) in [4.78, 5) is 31.3. The first kappa shape index (κ1) is 19.2. The third-order valence-corrected chi connectivity index (χ3v) is 5.63. The second-order valence-electron chi connectivity index (χ2n) is 7.52. The van der Waals surface area contributed by atoms with Gasteiger partial charge in [0, 0.05) is 31.7 Å². The van der Waals surface area contributed by atoms with Crippen LogP contribution in [0.2, 0.25) is 0 Å². The predicted octanol–water partition coefficient (Wildman–Crippen LogP) is 3.08. The fourth-order valence-corrected chi connectivity index (χ4v) is 3.96. The van der Waals surface area contributed by atoms with E-state index in [9.17, 15) is 9.59 Å². The predicted molar refractivity (Wildman–Crippen MR) is 114 cm³/mol. The Hall–Kier alpha value is -3.15. The molecular weight excluding hydrogens is 364 g/mol. The summed E-state index contributed by atoms with van der Waals surface area (Å²) in [5.74, 6) is 0.561. The number of amides is 2. The minimum absolute atomic E-state index is 0.00541. The van der Waals surface area contributed by atoms with Crippen molar-refractivity contribution >= 4 is 28.5 Å². The van der Waals surface area contributed by atoms with Crippen molar-refractivity contribution in [2.45, 2.75) is 33.2 Å². The highest BCUT2D eigenvalue weighted by molar-refractivity contribution is 6.00. The molecule has 1 aliphatic rings. The van der Waals surface area contributed by atoms with Crippen molar-refractivity contribution in [1.82, 2.24) is 14.9 Å². The molecule has 1 N–H and O–H groups in total. The van der Waals surface area contributed by atoms with Gasteiger partial charge in [0.05, 0.1) is 17.0 Å². The number of aromatic nitrogens is 2. The number of anilines is 1. The minimum atomic E-state index is -0.311. The average molecular weight is 390 g/mol. The monoisotopic (exact) mass is 390 g/mol. The molecule has 0 spiro atoms. The molecule has 0 saturated carbocycles. The first-order valence-electron chi connectivity index (χ1n) is 10.2. The van der Waals surface area contributed by atoms with E-state index >= 15 is 0 Å². The molecular formula is C23H26N4O2. The Morgan fingerprint density at radius 1 is 1.17 bits per heavy atom. The number of carbonyl (C=O) groups excluding carboxylic acids is 2. The van der Waals surface area contributed by atoms with Gasteiger partial charge in [-0.05, 0) is 43.2 Å². The fourth-order valence-electron chi connectivity index (χ4n) is 3.96. The van der Waals surface area contributed by atoms with Gasteiger partial charge >= 0.3 is 0 Å². The lowest BCUT2D eigenvalue weighted by Crippen LogP contribution is -2.34. The van der Waals surface area contributed by atoms with E-state index in [1.54, 1.807) is 4.90 Å². The quantitative estimate of drug-likeness (QED) is 0.703. The van der Waals surface area contributed by atoms with E-state index in [0.29, 0.717) is 19.6 Å². The molecule has 1 atom stereocenters. The zero-order chi connectivity index (χ0) is 20.4. The first-order valence-corrected chi connectivity index (χ1v) is 10.2. The third-order valence-electron chi connectivity index (χ3n) is 5.63. The maximum absolute atomic E-state index is 12.6. The Kier molecular flexibility index (Phi) is 5.34. The summed E-state index contributed by atoms with van der Waals surface area (Å²) in [6.07, 6.45) is 1.22. The number of benzene rings is 2. The van der Waals surface area contributed by atoms with Crippen LogP contribution in [0.5, 0.6) is 0 Å². The van der Waals surface area contributed by atoms with Crippen molar-refractivity contribution in [3.8, 4) is 0 Å². The highest BCUT2D eigenvalue weighted by Crippen LogP contribution is 2.25. The molecule has 2 heterocycles. The van der Waals surface area contributed by atoms with Crippen LogP contribution in [0, 0.1) is 12.8 Å². The van der Waals surface area contributed by atoms with Crippen molar-refractivity contribution in [1.29, 1.82) is 0 Å². The van der Waals surface area contributed by atoms with Crippen LogP contribution in [-0.2, 0) is 22.6 Å². The van der Waals surface area contributed by atoms with Crippen molar-refractivity contribution in [2.75, 3.05) is 18.0 Å². The average Bonchev–Trinajstić information content (AvgIpc) is 3.28. The van der Waals surface area contributed by atoms with Crippen molar-refractivity contribution in [2.24, 2.45) is 5.92 Å². The van der Waals surface area contributed by atoms with Gasteiger partial charge in [0.25, 0.3) is 0 Å². The number of aryl methyl sites for hydroxylation is 2. The molecule has 2 amide bonds. The van der Waals surface area contributed by atoms with Crippen molar-refractivity contribution in [3.63, 3.8) is 0 Å². The lowest BCUT2D eigenvalue weighted by atomic mass is 10.1. The Morgan fingerprint density at radius 3 is 2.69 bits per heavy atom. The standard InChI is InChI=1S/C23H26N4O2/c1-3-17-8-10-19(11-9-17)27-15-18(14-22(27)28)23(29)24-12-13-26-16(2)25-20-6-4-5-7-21(20)26/h4-11,18H,3,12-15H2,1-2H3,(H,24,29)/t18-/m0/s1. The topological polar surface area (TPSA) is 67.2 Å². The van der Waals surface area contributed by atoms with Gasteiger partial charge in [0.15, 0.2) is 0 Å². The van der Waals surface area contributed by atoms with Crippen LogP contribution in [0.1, 0.15) is 24.7 Å². The number of fused-ring (bicyclic) bond motifs is 1. The van der Waals surface area contributed by atoms with Gasteiger partial charge in [0.2, 0.25) is 11.8 Å². The van der Waals surface area contributed by atoms with Gasteiger partial charge in [-0.25, -0.2) is 4.98 Å². The Morgan fingerprint density at radius 2 is 1.93 bits per heavy atom. The van der Waals surface area contributed by atoms with Gasteiger partial charge in [-0.3, -0.25) is 9.59 Å². The number of carbonyl (C=O) groups is 2. The molecule has 1 saturated heterocycles. The van der Waals surface area contributed by atoms with Crippen molar-refractivity contribution in [3.05, 3.63) is 59.9 Å². The maximum Gasteiger partial charge on any atom is 0.227 e. The summed E-state index contributed by atoms with van der Waals surface area (Å²) < 4.78 is 2.11. The number of rotatable bonds is 6. The largest absolute Gasteiger partial charge is 0.354 e. The second-order valence-corrected chi connectivity index (χ2v) is 7.52. The summed E-state index contributed by atoms with van der Waals surface area (Å²) >= 11 is 0. The highest BCUT2D eigenvalue weighted by Gasteiger charge is 2.34. The molecule has 4 rings (SSSR count). The van der Waals surface area contributed by atoms with E-state index in [0.717, 1.165) is 29.0 Å². The van der Waals surface area contributed by atoms with Gasteiger partial charge in [-0.1, -0.05) is 31.2 Å². The van der Waals surface area contributed by atoms with E-state index in [2.05, 4.69) is 21.8 Å². The van der Waals surface area contributed by atoms with E-state index in [4.69, 9.17) is 0 Å². The van der Waals surface area contributed by atoms with E-state index in [1.165, 1.54) is 5.56 Å². The molecule has 1 fully saturated rings. The van der Waals surface area contributed by atoms with E-state index in [1.807, 2.05) is 55.5 Å². The maximum atomic E-state index is 12.6. The molecule has 3 aromatic rings. The number of nitrogens with one attached hydrogen (secondary N) is 1. The Labute approximate surface area is 170 Å². The molecule has 29 heavy (non-hydrogen) atoms. The van der Waals surface area contributed by atoms with Crippen molar-refractivity contribution < 1.29 is 9.59 Å². The summed E-state index contributed by atoms with van der Waals surface area (Å²) in [6.45, 7) is 5.67. The molecule has 6 heteroatoms.